The molecule has 3 aromatic rings. The van der Waals surface area contributed by atoms with Crippen LogP contribution in [0.15, 0.2) is 18.2 Å². The second-order valence-corrected chi connectivity index (χ2v) is 5.94. The third-order valence-corrected chi connectivity index (χ3v) is 4.23. The maximum Gasteiger partial charge on any atom is 0.256 e. The highest BCUT2D eigenvalue weighted by Crippen LogP contribution is 2.27. The molecule has 2 heterocycles. The average Bonchev–Trinajstić information content (AvgIpc) is 3.10. The number of benzene rings is 1. The van der Waals surface area contributed by atoms with Crippen LogP contribution in [0.5, 0.6) is 0 Å². The van der Waals surface area contributed by atoms with Crippen LogP contribution in [0, 0.1) is 6.92 Å². The van der Waals surface area contributed by atoms with Crippen LogP contribution in [-0.2, 0) is 12.8 Å². The van der Waals surface area contributed by atoms with E-state index >= 15 is 0 Å². The highest BCUT2D eigenvalue weighted by atomic mass is 35.5. The molecule has 0 atom stereocenters. The molecule has 0 aliphatic heterocycles. The first kappa shape index (κ1) is 13.3. The predicted molar refractivity (Wildman–Crippen MR) is 86.7 cm³/mol. The lowest BCUT2D eigenvalue weighted by Gasteiger charge is -2.06. The van der Waals surface area contributed by atoms with Gasteiger partial charge in [-0.2, -0.15) is 9.50 Å². The van der Waals surface area contributed by atoms with Gasteiger partial charge in [-0.05, 0) is 43.9 Å². The van der Waals surface area contributed by atoms with Crippen LogP contribution in [0.4, 0.5) is 17.5 Å². The average molecular weight is 315 g/mol. The summed E-state index contributed by atoms with van der Waals surface area (Å²) in [6.07, 6.45) is 3.01. The van der Waals surface area contributed by atoms with Crippen molar-refractivity contribution >= 4 is 34.8 Å². The van der Waals surface area contributed by atoms with Gasteiger partial charge in [0.1, 0.15) is 5.82 Å². The van der Waals surface area contributed by atoms with E-state index in [4.69, 9.17) is 17.3 Å². The van der Waals surface area contributed by atoms with Crippen molar-refractivity contribution in [3.8, 4) is 0 Å². The third-order valence-electron chi connectivity index (χ3n) is 4.00. The Kier molecular flexibility index (Phi) is 2.94. The Morgan fingerprint density at radius 2 is 2.14 bits per heavy atom. The Balaban J connectivity index is 1.77. The van der Waals surface area contributed by atoms with E-state index < -0.39 is 0 Å². The van der Waals surface area contributed by atoms with Crippen molar-refractivity contribution in [2.75, 3.05) is 11.1 Å². The van der Waals surface area contributed by atoms with Crippen LogP contribution >= 0.6 is 11.6 Å². The maximum atomic E-state index is 6.20. The van der Waals surface area contributed by atoms with E-state index in [2.05, 4.69) is 20.4 Å². The van der Waals surface area contributed by atoms with Gasteiger partial charge in [0.25, 0.3) is 5.78 Å². The zero-order valence-electron chi connectivity index (χ0n) is 12.1. The summed E-state index contributed by atoms with van der Waals surface area (Å²) < 4.78 is 1.60. The maximum absolute atomic E-state index is 6.20. The molecule has 0 fully saturated rings. The van der Waals surface area contributed by atoms with E-state index in [0.29, 0.717) is 22.6 Å². The topological polar surface area (TPSA) is 81.1 Å². The zero-order chi connectivity index (χ0) is 15.3. The van der Waals surface area contributed by atoms with Gasteiger partial charge in [-0.3, -0.25) is 0 Å². The molecule has 1 aromatic carbocycles. The van der Waals surface area contributed by atoms with Crippen molar-refractivity contribution in [3.05, 3.63) is 40.0 Å². The molecule has 0 saturated heterocycles. The molecule has 7 heteroatoms. The second kappa shape index (κ2) is 4.84. The minimum absolute atomic E-state index is 0.466. The molecule has 0 amide bonds. The number of aromatic nitrogens is 4. The summed E-state index contributed by atoms with van der Waals surface area (Å²) in [5.41, 5.74) is 10.3. The zero-order valence-corrected chi connectivity index (χ0v) is 12.9. The van der Waals surface area contributed by atoms with Crippen LogP contribution in [0.2, 0.25) is 5.02 Å². The van der Waals surface area contributed by atoms with Crippen LogP contribution in [-0.4, -0.2) is 19.6 Å². The van der Waals surface area contributed by atoms with Gasteiger partial charge in [0.05, 0.1) is 5.69 Å². The van der Waals surface area contributed by atoms with Gasteiger partial charge < -0.3 is 11.1 Å². The summed E-state index contributed by atoms with van der Waals surface area (Å²) >= 11 is 6.04. The fourth-order valence-electron chi connectivity index (χ4n) is 2.82. The van der Waals surface area contributed by atoms with Crippen LogP contribution in [0.3, 0.4) is 0 Å². The largest absolute Gasteiger partial charge is 0.383 e. The standard InChI is InChI=1S/C15H15ClN6/c1-8-5-6-9(16)7-12(8)18-14-20-15-19-11-4-2-3-10(11)13(17)22(15)21-14/h5-7H,2-4,17H2,1H3,(H,18,21). The summed E-state index contributed by atoms with van der Waals surface area (Å²) in [6.45, 7) is 2.00. The van der Waals surface area contributed by atoms with E-state index in [9.17, 15) is 0 Å². The monoisotopic (exact) mass is 314 g/mol. The molecule has 112 valence electrons. The van der Waals surface area contributed by atoms with E-state index in [-0.39, 0.29) is 0 Å². The molecule has 22 heavy (non-hydrogen) atoms. The first-order valence-electron chi connectivity index (χ1n) is 7.19. The van der Waals surface area contributed by atoms with Crippen molar-refractivity contribution in [1.82, 2.24) is 19.6 Å². The van der Waals surface area contributed by atoms with Crippen LogP contribution < -0.4 is 11.1 Å². The van der Waals surface area contributed by atoms with E-state index in [1.165, 1.54) is 0 Å². The lowest BCUT2D eigenvalue weighted by Crippen LogP contribution is -2.06. The lowest BCUT2D eigenvalue weighted by atomic mass is 10.2. The molecule has 3 N–H and O–H groups in total. The second-order valence-electron chi connectivity index (χ2n) is 5.51. The number of nitrogens with one attached hydrogen (secondary N) is 1. The molecule has 0 spiro atoms. The minimum Gasteiger partial charge on any atom is -0.383 e. The number of hydrogen-bond donors (Lipinski definition) is 2. The van der Waals surface area contributed by atoms with Crippen molar-refractivity contribution in [3.63, 3.8) is 0 Å². The fourth-order valence-corrected chi connectivity index (χ4v) is 2.99. The molecular weight excluding hydrogens is 300 g/mol. The molecule has 1 aliphatic rings. The Morgan fingerprint density at radius 3 is 3.00 bits per heavy atom. The first-order chi connectivity index (χ1) is 10.6. The number of nitrogens with two attached hydrogens (primary N) is 1. The van der Waals surface area contributed by atoms with E-state index in [1.54, 1.807) is 4.52 Å². The summed E-state index contributed by atoms with van der Waals surface area (Å²) in [4.78, 5) is 8.99. The highest BCUT2D eigenvalue weighted by Gasteiger charge is 2.20. The molecule has 6 nitrogen and oxygen atoms in total. The number of hydrogen-bond acceptors (Lipinski definition) is 5. The summed E-state index contributed by atoms with van der Waals surface area (Å²) in [6, 6.07) is 5.64. The number of halogens is 1. The van der Waals surface area contributed by atoms with Gasteiger partial charge in [0.15, 0.2) is 0 Å². The highest BCUT2D eigenvalue weighted by molar-refractivity contribution is 6.30. The first-order valence-corrected chi connectivity index (χ1v) is 7.57. The minimum atomic E-state index is 0.466. The number of fused-ring (bicyclic) bond motifs is 2. The number of nitrogen functional groups attached to an aromatic ring is 1. The van der Waals surface area contributed by atoms with Gasteiger partial charge in [0.2, 0.25) is 5.95 Å². The Labute approximate surface area is 132 Å². The molecule has 4 rings (SSSR count). The summed E-state index contributed by atoms with van der Waals surface area (Å²) in [5.74, 6) is 1.63. The Bertz CT molecular complexity index is 885. The van der Waals surface area contributed by atoms with E-state index in [1.807, 2.05) is 25.1 Å². The Morgan fingerprint density at radius 1 is 1.27 bits per heavy atom. The van der Waals surface area contributed by atoms with Gasteiger partial charge >= 0.3 is 0 Å². The molecule has 0 bridgehead atoms. The number of anilines is 3. The molecule has 2 aromatic heterocycles. The van der Waals surface area contributed by atoms with Crippen molar-refractivity contribution < 1.29 is 0 Å². The van der Waals surface area contributed by atoms with Crippen molar-refractivity contribution in [2.45, 2.75) is 26.2 Å². The van der Waals surface area contributed by atoms with Gasteiger partial charge in [-0.1, -0.05) is 17.7 Å². The number of rotatable bonds is 2. The summed E-state index contributed by atoms with van der Waals surface area (Å²) in [7, 11) is 0. The fraction of sp³-hybridized carbons (Fsp3) is 0.267. The molecule has 1 aliphatic carbocycles. The molecule has 0 radical (unpaired) electrons. The van der Waals surface area contributed by atoms with Gasteiger partial charge in [-0.15, -0.1) is 5.10 Å². The number of aryl methyl sites for hydroxylation is 2. The van der Waals surface area contributed by atoms with Crippen molar-refractivity contribution in [2.24, 2.45) is 0 Å². The molecule has 0 unspecified atom stereocenters. The van der Waals surface area contributed by atoms with Crippen LogP contribution in [0.25, 0.3) is 5.78 Å². The Hall–Kier alpha value is -2.34. The van der Waals surface area contributed by atoms with Crippen LogP contribution in [0.1, 0.15) is 23.2 Å². The van der Waals surface area contributed by atoms with Crippen molar-refractivity contribution in [1.29, 1.82) is 0 Å². The number of nitrogens with zero attached hydrogens (tertiary/aromatic N) is 4. The third kappa shape index (κ3) is 2.07. The molecular formula is C15H15ClN6. The molecule has 0 saturated carbocycles. The quantitative estimate of drug-likeness (QED) is 0.760. The smallest absolute Gasteiger partial charge is 0.256 e. The lowest BCUT2D eigenvalue weighted by molar-refractivity contribution is 0.901. The predicted octanol–water partition coefficient (Wildman–Crippen LogP) is 2.90. The normalized spacial score (nSPS) is 13.5. The van der Waals surface area contributed by atoms with E-state index in [0.717, 1.165) is 41.8 Å². The SMILES string of the molecule is Cc1ccc(Cl)cc1Nc1nc2nc3c(c(N)n2n1)CCC3. The van der Waals surface area contributed by atoms with Gasteiger partial charge in [-0.25, -0.2) is 4.98 Å². The van der Waals surface area contributed by atoms with Gasteiger partial charge in [0, 0.05) is 16.3 Å². The summed E-state index contributed by atoms with van der Waals surface area (Å²) in [5, 5.41) is 8.26.